The molecule has 0 aliphatic heterocycles. The second-order valence-corrected chi connectivity index (χ2v) is 7.91. The molecule has 0 saturated heterocycles. The minimum atomic E-state index is -3.82. The molecule has 0 saturated carbocycles. The van der Waals surface area contributed by atoms with E-state index in [0.29, 0.717) is 4.88 Å². The number of carbonyl (C=O) groups excluding carboxylic acids is 2. The monoisotopic (exact) mass is 371 g/mol. The fourth-order valence-electron chi connectivity index (χ4n) is 1.70. The van der Waals surface area contributed by atoms with Crippen molar-refractivity contribution >= 4 is 33.2 Å². The number of nitrogens with zero attached hydrogens (tertiary/aromatic N) is 1. The van der Waals surface area contributed by atoms with Crippen LogP contribution in [0.1, 0.15) is 20.0 Å². The number of amides is 2. The molecule has 2 rings (SSSR count). The molecule has 0 bridgehead atoms. The molecule has 0 atom stereocenters. The number of halogens is 1. The summed E-state index contributed by atoms with van der Waals surface area (Å²) in [7, 11) is -1.18. The average molecular weight is 371 g/mol. The van der Waals surface area contributed by atoms with Crippen LogP contribution in [0.2, 0.25) is 0 Å². The number of thiophene rings is 1. The largest absolute Gasteiger partial charge is 0.279 e. The van der Waals surface area contributed by atoms with Crippen molar-refractivity contribution in [3.63, 3.8) is 0 Å². The van der Waals surface area contributed by atoms with E-state index in [0.717, 1.165) is 22.5 Å². The van der Waals surface area contributed by atoms with Crippen LogP contribution in [-0.2, 0) is 10.0 Å². The minimum Gasteiger partial charge on any atom is -0.267 e. The summed E-state index contributed by atoms with van der Waals surface area (Å²) in [4.78, 5) is 23.9. The lowest BCUT2D eigenvalue weighted by Gasteiger charge is -2.13. The highest BCUT2D eigenvalue weighted by molar-refractivity contribution is 7.89. The van der Waals surface area contributed by atoms with Gasteiger partial charge in [0.15, 0.2) is 0 Å². The first-order chi connectivity index (χ1) is 11.2. The van der Waals surface area contributed by atoms with E-state index in [1.54, 1.807) is 17.5 Å². The highest BCUT2D eigenvalue weighted by Gasteiger charge is 2.21. The Labute approximate surface area is 142 Å². The zero-order chi connectivity index (χ0) is 17.9. The van der Waals surface area contributed by atoms with Crippen molar-refractivity contribution in [1.29, 1.82) is 0 Å². The maximum absolute atomic E-state index is 13.8. The molecule has 0 fully saturated rings. The first-order valence-corrected chi connectivity index (χ1v) is 8.91. The van der Waals surface area contributed by atoms with Gasteiger partial charge >= 0.3 is 0 Å². The van der Waals surface area contributed by atoms with Crippen LogP contribution in [0, 0.1) is 5.82 Å². The van der Waals surface area contributed by atoms with E-state index in [-0.39, 0.29) is 4.90 Å². The highest BCUT2D eigenvalue weighted by Crippen LogP contribution is 2.17. The maximum atomic E-state index is 13.8. The summed E-state index contributed by atoms with van der Waals surface area (Å²) in [5.74, 6) is -2.43. The molecule has 0 radical (unpaired) electrons. The SMILES string of the molecule is CN(C)S(=O)(=O)c1ccc(F)c(C(=O)NNC(=O)c2cccs2)c1. The number of hydrogen-bond acceptors (Lipinski definition) is 5. The molecule has 0 unspecified atom stereocenters. The molecule has 0 aliphatic rings. The van der Waals surface area contributed by atoms with E-state index in [4.69, 9.17) is 0 Å². The van der Waals surface area contributed by atoms with Gasteiger partial charge in [0.1, 0.15) is 5.82 Å². The maximum Gasteiger partial charge on any atom is 0.279 e. The van der Waals surface area contributed by atoms with Crippen LogP contribution in [0.3, 0.4) is 0 Å². The minimum absolute atomic E-state index is 0.233. The summed E-state index contributed by atoms with van der Waals surface area (Å²) in [6.45, 7) is 0. The van der Waals surface area contributed by atoms with E-state index < -0.39 is 33.2 Å². The average Bonchev–Trinajstić information content (AvgIpc) is 3.06. The summed E-state index contributed by atoms with van der Waals surface area (Å²) < 4.78 is 38.9. The standard InChI is InChI=1S/C14H14FN3O4S2/c1-18(2)24(21,22)9-5-6-11(15)10(8-9)13(19)16-17-14(20)12-4-3-7-23-12/h3-8H,1-2H3,(H,16,19)(H,17,20). The Hall–Kier alpha value is -2.30. The van der Waals surface area contributed by atoms with Crippen molar-refractivity contribution in [2.75, 3.05) is 14.1 Å². The quantitative estimate of drug-likeness (QED) is 0.790. The molecule has 1 heterocycles. The summed E-state index contributed by atoms with van der Waals surface area (Å²) in [5, 5.41) is 1.69. The number of rotatable bonds is 4. The lowest BCUT2D eigenvalue weighted by molar-refractivity contribution is 0.0846. The number of nitrogens with one attached hydrogen (secondary N) is 2. The Morgan fingerprint density at radius 1 is 1.12 bits per heavy atom. The fraction of sp³-hybridized carbons (Fsp3) is 0.143. The number of hydrogen-bond donors (Lipinski definition) is 2. The van der Waals surface area contributed by atoms with E-state index >= 15 is 0 Å². The molecular weight excluding hydrogens is 357 g/mol. The molecule has 0 aliphatic carbocycles. The van der Waals surface area contributed by atoms with Crippen molar-refractivity contribution in [2.45, 2.75) is 4.90 Å². The third-order valence-corrected chi connectivity index (χ3v) is 5.68. The molecule has 2 N–H and O–H groups in total. The first-order valence-electron chi connectivity index (χ1n) is 6.59. The van der Waals surface area contributed by atoms with Gasteiger partial charge < -0.3 is 0 Å². The number of benzene rings is 1. The van der Waals surface area contributed by atoms with Crippen LogP contribution in [0.15, 0.2) is 40.6 Å². The molecule has 24 heavy (non-hydrogen) atoms. The van der Waals surface area contributed by atoms with Gasteiger partial charge in [-0.3, -0.25) is 20.4 Å². The topological polar surface area (TPSA) is 95.6 Å². The van der Waals surface area contributed by atoms with Gasteiger partial charge in [-0.1, -0.05) is 6.07 Å². The number of hydrazine groups is 1. The van der Waals surface area contributed by atoms with Crippen LogP contribution >= 0.6 is 11.3 Å². The summed E-state index contributed by atoms with van der Waals surface area (Å²) in [6.07, 6.45) is 0. The van der Waals surface area contributed by atoms with Gasteiger partial charge in [0, 0.05) is 14.1 Å². The number of carbonyl (C=O) groups is 2. The van der Waals surface area contributed by atoms with Crippen molar-refractivity contribution in [3.8, 4) is 0 Å². The van der Waals surface area contributed by atoms with E-state index in [1.807, 2.05) is 0 Å². The van der Waals surface area contributed by atoms with Crippen molar-refractivity contribution in [1.82, 2.24) is 15.2 Å². The molecule has 10 heteroatoms. The molecule has 1 aromatic heterocycles. The Kier molecular flexibility index (Phi) is 5.32. The van der Waals surface area contributed by atoms with E-state index in [9.17, 15) is 22.4 Å². The molecule has 2 aromatic rings. The third kappa shape index (κ3) is 3.78. The second-order valence-electron chi connectivity index (χ2n) is 4.81. The van der Waals surface area contributed by atoms with E-state index in [2.05, 4.69) is 10.9 Å². The van der Waals surface area contributed by atoms with E-state index in [1.165, 1.54) is 25.4 Å². The first kappa shape index (κ1) is 18.0. The lowest BCUT2D eigenvalue weighted by Crippen LogP contribution is -2.41. The number of sulfonamides is 1. The van der Waals surface area contributed by atoms with Gasteiger partial charge in [-0.15, -0.1) is 11.3 Å². The van der Waals surface area contributed by atoms with Crippen LogP contribution in [0.4, 0.5) is 4.39 Å². The van der Waals surface area contributed by atoms with Gasteiger partial charge in [0.25, 0.3) is 11.8 Å². The van der Waals surface area contributed by atoms with Crippen LogP contribution in [0.25, 0.3) is 0 Å². The predicted octanol–water partition coefficient (Wildman–Crippen LogP) is 1.21. The molecule has 7 nitrogen and oxygen atoms in total. The van der Waals surface area contributed by atoms with Gasteiger partial charge in [0.05, 0.1) is 15.3 Å². The normalized spacial score (nSPS) is 11.3. The Bertz CT molecular complexity index is 864. The molecule has 2 amide bonds. The Morgan fingerprint density at radius 3 is 2.38 bits per heavy atom. The van der Waals surface area contributed by atoms with Crippen LogP contribution < -0.4 is 10.9 Å². The van der Waals surface area contributed by atoms with Crippen LogP contribution in [0.5, 0.6) is 0 Å². The summed E-state index contributed by atoms with van der Waals surface area (Å²) >= 11 is 1.17. The highest BCUT2D eigenvalue weighted by atomic mass is 32.2. The van der Waals surface area contributed by atoms with Crippen LogP contribution in [-0.4, -0.2) is 38.6 Å². The summed E-state index contributed by atoms with van der Waals surface area (Å²) in [6, 6.07) is 6.07. The lowest BCUT2D eigenvalue weighted by atomic mass is 10.2. The van der Waals surface area contributed by atoms with Crippen molar-refractivity contribution < 1.29 is 22.4 Å². The molecule has 0 spiro atoms. The van der Waals surface area contributed by atoms with Crippen molar-refractivity contribution in [3.05, 3.63) is 52.0 Å². The molecule has 1 aromatic carbocycles. The zero-order valence-corrected chi connectivity index (χ0v) is 14.4. The van der Waals surface area contributed by atoms with Gasteiger partial charge in [-0.05, 0) is 29.6 Å². The van der Waals surface area contributed by atoms with Gasteiger partial charge in [-0.2, -0.15) is 0 Å². The predicted molar refractivity (Wildman–Crippen MR) is 86.5 cm³/mol. The fourth-order valence-corrected chi connectivity index (χ4v) is 3.25. The van der Waals surface area contributed by atoms with Gasteiger partial charge in [-0.25, -0.2) is 17.1 Å². The zero-order valence-electron chi connectivity index (χ0n) is 12.7. The molecular formula is C14H14FN3O4S2. The molecule has 128 valence electrons. The second kappa shape index (κ2) is 7.07. The Morgan fingerprint density at radius 2 is 1.79 bits per heavy atom. The van der Waals surface area contributed by atoms with Gasteiger partial charge in [0.2, 0.25) is 10.0 Å². The Balaban J connectivity index is 2.19. The smallest absolute Gasteiger partial charge is 0.267 e. The van der Waals surface area contributed by atoms with Crippen molar-refractivity contribution in [2.24, 2.45) is 0 Å². The third-order valence-electron chi connectivity index (χ3n) is 3.00. The summed E-state index contributed by atoms with van der Waals surface area (Å²) in [5.41, 5.74) is 3.70.